The molecule has 0 aromatic carbocycles. The zero-order valence-electron chi connectivity index (χ0n) is 35.8. The molecular formula is C38H68N4O13. The first kappa shape index (κ1) is 51.2. The van der Waals surface area contributed by atoms with E-state index < -0.39 is 88.7 Å². The lowest BCUT2D eigenvalue weighted by Gasteiger charge is -2.35. The molecule has 0 spiro atoms. The van der Waals surface area contributed by atoms with Crippen LogP contribution < -0.4 is 5.32 Å². The van der Waals surface area contributed by atoms with Gasteiger partial charge in [0.25, 0.3) is 0 Å². The molecule has 0 saturated heterocycles. The quantitative estimate of drug-likeness (QED) is 0.134. The minimum Gasteiger partial charge on any atom is -0.480 e. The van der Waals surface area contributed by atoms with E-state index in [4.69, 9.17) is 28.8 Å². The van der Waals surface area contributed by atoms with Crippen LogP contribution in [0.15, 0.2) is 0 Å². The van der Waals surface area contributed by atoms with Gasteiger partial charge in [0.05, 0.1) is 32.6 Å². The summed E-state index contributed by atoms with van der Waals surface area (Å²) in [5, 5.41) is 11.4. The number of carboxylic acid groups (broad SMARTS) is 1. The van der Waals surface area contributed by atoms with Crippen molar-refractivity contribution < 1.29 is 62.4 Å². The average molecular weight is 789 g/mol. The molecule has 0 rings (SSSR count). The highest BCUT2D eigenvalue weighted by Crippen LogP contribution is 2.17. The maximum atomic E-state index is 13.8. The SMILES string of the molecule is CC(C)(C)OC(=O)CN(CCN(CCN(CC(=O)OC(C)(C)C)CC(=O)OC(C)(C)C)[C@H](CC(=O)NCC(=O)O)C(=O)OC(C)(C)C)CC(=O)OC(C)(C)C. The molecule has 0 aromatic rings. The minimum atomic E-state index is -1.32. The van der Waals surface area contributed by atoms with E-state index in [2.05, 4.69) is 5.32 Å². The molecule has 55 heavy (non-hydrogen) atoms. The van der Waals surface area contributed by atoms with Gasteiger partial charge in [-0.3, -0.25) is 48.3 Å². The Balaban J connectivity index is 6.97. The summed E-state index contributed by atoms with van der Waals surface area (Å²) in [6.07, 6.45) is -0.529. The molecule has 0 fully saturated rings. The lowest BCUT2D eigenvalue weighted by Crippen LogP contribution is -2.53. The molecular weight excluding hydrogens is 720 g/mol. The normalized spacial score (nSPS) is 13.3. The number of carboxylic acids is 1. The van der Waals surface area contributed by atoms with Crippen molar-refractivity contribution in [2.24, 2.45) is 0 Å². The smallest absolute Gasteiger partial charge is 0.324 e. The molecule has 0 heterocycles. The number of hydrogen-bond acceptors (Lipinski definition) is 15. The van der Waals surface area contributed by atoms with Gasteiger partial charge in [-0.1, -0.05) is 0 Å². The van der Waals surface area contributed by atoms with Gasteiger partial charge in [0, 0.05) is 26.2 Å². The molecule has 0 aromatic heterocycles. The van der Waals surface area contributed by atoms with Gasteiger partial charge < -0.3 is 34.1 Å². The molecule has 0 unspecified atom stereocenters. The second-order valence-corrected chi connectivity index (χ2v) is 18.2. The first-order valence-electron chi connectivity index (χ1n) is 18.4. The van der Waals surface area contributed by atoms with Crippen LogP contribution in [0.3, 0.4) is 0 Å². The molecule has 0 bridgehead atoms. The molecule has 1 atom stereocenters. The summed E-state index contributed by atoms with van der Waals surface area (Å²) in [5.74, 6) is -5.36. The van der Waals surface area contributed by atoms with Gasteiger partial charge in [0.15, 0.2) is 0 Å². The number of aliphatic carboxylic acids is 1. The van der Waals surface area contributed by atoms with Crippen molar-refractivity contribution in [2.45, 2.75) is 144 Å². The number of ether oxygens (including phenoxy) is 5. The van der Waals surface area contributed by atoms with Crippen LogP contribution >= 0.6 is 0 Å². The Kier molecular flexibility index (Phi) is 20.0. The second-order valence-electron chi connectivity index (χ2n) is 18.2. The molecule has 1 amide bonds. The Morgan fingerprint density at radius 1 is 0.491 bits per heavy atom. The molecule has 0 saturated carbocycles. The zero-order valence-corrected chi connectivity index (χ0v) is 35.8. The predicted octanol–water partition coefficient (Wildman–Crippen LogP) is 2.56. The van der Waals surface area contributed by atoms with E-state index in [1.54, 1.807) is 109 Å². The number of rotatable bonds is 20. The van der Waals surface area contributed by atoms with E-state index in [1.165, 1.54) is 9.80 Å². The predicted molar refractivity (Wildman–Crippen MR) is 203 cm³/mol. The van der Waals surface area contributed by atoms with E-state index in [1.807, 2.05) is 0 Å². The number of nitrogens with zero attached hydrogens (tertiary/aromatic N) is 3. The maximum Gasteiger partial charge on any atom is 0.324 e. The van der Waals surface area contributed by atoms with Crippen LogP contribution in [0.4, 0.5) is 0 Å². The van der Waals surface area contributed by atoms with Gasteiger partial charge in [0.1, 0.15) is 40.6 Å². The molecule has 17 nitrogen and oxygen atoms in total. The lowest BCUT2D eigenvalue weighted by atomic mass is 10.1. The fraction of sp³-hybridized carbons (Fsp3) is 0.816. The van der Waals surface area contributed by atoms with Gasteiger partial charge >= 0.3 is 35.8 Å². The Bertz CT molecular complexity index is 1190. The summed E-state index contributed by atoms with van der Waals surface area (Å²) < 4.78 is 27.7. The standard InChI is InChI=1S/C38H68N4O13/c1-34(2,3)51-29(46)22-40(23-30(47)52-35(4,5)6)16-18-42(26(33(50)55-38(13,14)15)20-27(43)39-21-28(44)45)19-17-41(24-31(48)53-36(7,8)9)25-32(49)54-37(10,11)12/h26H,16-25H2,1-15H3,(H,39,43)(H,44,45)/t26-/m1/s1. The summed E-state index contributed by atoms with van der Waals surface area (Å²) in [6, 6.07) is -1.32. The van der Waals surface area contributed by atoms with Crippen molar-refractivity contribution in [1.82, 2.24) is 20.0 Å². The van der Waals surface area contributed by atoms with E-state index in [0.717, 1.165) is 0 Å². The summed E-state index contributed by atoms with van der Waals surface area (Å²) in [6.45, 7) is 23.1. The Labute approximate surface area is 327 Å². The van der Waals surface area contributed by atoms with Crippen molar-refractivity contribution in [3.8, 4) is 0 Å². The highest BCUT2D eigenvalue weighted by atomic mass is 16.6. The van der Waals surface area contributed by atoms with Crippen molar-refractivity contribution in [2.75, 3.05) is 58.9 Å². The van der Waals surface area contributed by atoms with Gasteiger partial charge in [0.2, 0.25) is 5.91 Å². The summed E-state index contributed by atoms with van der Waals surface area (Å²) in [4.78, 5) is 94.5. The van der Waals surface area contributed by atoms with E-state index >= 15 is 0 Å². The Morgan fingerprint density at radius 3 is 1.04 bits per heavy atom. The topological polar surface area (TPSA) is 208 Å². The third-order valence-electron chi connectivity index (χ3n) is 6.43. The van der Waals surface area contributed by atoms with Gasteiger partial charge in [-0.15, -0.1) is 0 Å². The van der Waals surface area contributed by atoms with Crippen LogP contribution in [0.25, 0.3) is 0 Å². The number of hydrogen-bond donors (Lipinski definition) is 2. The third kappa shape index (κ3) is 28.3. The van der Waals surface area contributed by atoms with Crippen LogP contribution in [0.1, 0.15) is 110 Å². The third-order valence-corrected chi connectivity index (χ3v) is 6.43. The summed E-state index contributed by atoms with van der Waals surface area (Å²) in [5.41, 5.74) is -4.28. The van der Waals surface area contributed by atoms with Gasteiger partial charge in [-0.05, 0) is 104 Å². The number of amides is 1. The summed E-state index contributed by atoms with van der Waals surface area (Å²) >= 11 is 0. The monoisotopic (exact) mass is 788 g/mol. The van der Waals surface area contributed by atoms with Crippen LogP contribution in [0, 0.1) is 0 Å². The molecule has 0 aliphatic carbocycles. The van der Waals surface area contributed by atoms with E-state index in [0.29, 0.717) is 0 Å². The molecule has 318 valence electrons. The molecule has 0 aliphatic rings. The fourth-order valence-electron chi connectivity index (χ4n) is 4.77. The first-order chi connectivity index (χ1) is 24.6. The largest absolute Gasteiger partial charge is 0.480 e. The summed E-state index contributed by atoms with van der Waals surface area (Å²) in [7, 11) is 0. The van der Waals surface area contributed by atoms with Crippen LogP contribution in [-0.4, -0.2) is 154 Å². The van der Waals surface area contributed by atoms with Gasteiger partial charge in [-0.2, -0.15) is 0 Å². The first-order valence-corrected chi connectivity index (χ1v) is 18.4. The maximum absolute atomic E-state index is 13.8. The minimum absolute atomic E-state index is 0.0351. The second kappa shape index (κ2) is 21.5. The van der Waals surface area contributed by atoms with Crippen molar-refractivity contribution >= 4 is 41.7 Å². The van der Waals surface area contributed by atoms with E-state index in [9.17, 15) is 33.6 Å². The average Bonchev–Trinajstić information content (AvgIpc) is 2.89. The Hall–Kier alpha value is -3.83. The lowest BCUT2D eigenvalue weighted by molar-refractivity contribution is -0.165. The van der Waals surface area contributed by atoms with Crippen molar-refractivity contribution in [3.05, 3.63) is 0 Å². The van der Waals surface area contributed by atoms with Crippen LogP contribution in [0.2, 0.25) is 0 Å². The highest BCUT2D eigenvalue weighted by Gasteiger charge is 2.34. The Morgan fingerprint density at radius 2 is 0.782 bits per heavy atom. The molecule has 0 aliphatic heterocycles. The van der Waals surface area contributed by atoms with Crippen molar-refractivity contribution in [1.29, 1.82) is 0 Å². The molecule has 2 N–H and O–H groups in total. The number of nitrogens with one attached hydrogen (secondary N) is 1. The zero-order chi connectivity index (χ0) is 43.2. The van der Waals surface area contributed by atoms with Crippen molar-refractivity contribution in [3.63, 3.8) is 0 Å². The van der Waals surface area contributed by atoms with Gasteiger partial charge in [-0.25, -0.2) is 0 Å². The number of carbonyl (C=O) groups is 7. The highest BCUT2D eigenvalue weighted by molar-refractivity contribution is 5.87. The molecule has 17 heteroatoms. The number of carbonyl (C=O) groups excluding carboxylic acids is 6. The van der Waals surface area contributed by atoms with E-state index in [-0.39, 0.29) is 52.4 Å². The number of esters is 5. The molecule has 0 radical (unpaired) electrons. The fourth-order valence-corrected chi connectivity index (χ4v) is 4.77. The van der Waals surface area contributed by atoms with Crippen LogP contribution in [0.5, 0.6) is 0 Å². The van der Waals surface area contributed by atoms with Crippen LogP contribution in [-0.2, 0) is 57.2 Å².